The molecule has 2 N–H and O–H groups in total. The number of thiazole rings is 1. The SMILES string of the molecule is COc1ncc(NC(=O)c2csc(-c3ccccc3)n2)cc1S(=O)(=O)Nc1cccn2nc(C)nc12. The predicted molar refractivity (Wildman–Crippen MR) is 135 cm³/mol. The maximum Gasteiger partial charge on any atom is 0.275 e. The lowest BCUT2D eigenvalue weighted by Gasteiger charge is -2.13. The summed E-state index contributed by atoms with van der Waals surface area (Å²) in [5.41, 5.74) is 1.82. The molecule has 0 atom stereocenters. The number of hydrogen-bond donors (Lipinski definition) is 2. The van der Waals surface area contributed by atoms with Gasteiger partial charge in [0.25, 0.3) is 15.9 Å². The minimum atomic E-state index is -4.18. The van der Waals surface area contributed by atoms with Crippen molar-refractivity contribution in [3.63, 3.8) is 0 Å². The monoisotopic (exact) mass is 521 g/mol. The van der Waals surface area contributed by atoms with Gasteiger partial charge in [0.2, 0.25) is 5.88 Å². The zero-order valence-electron chi connectivity index (χ0n) is 19.0. The number of fused-ring (bicyclic) bond motifs is 1. The summed E-state index contributed by atoms with van der Waals surface area (Å²) in [7, 11) is -2.87. The van der Waals surface area contributed by atoms with Crippen LogP contribution in [0, 0.1) is 6.92 Å². The normalized spacial score (nSPS) is 11.4. The van der Waals surface area contributed by atoms with Gasteiger partial charge in [0.15, 0.2) is 10.5 Å². The minimum absolute atomic E-state index is 0.134. The molecule has 5 rings (SSSR count). The van der Waals surface area contributed by atoms with Crippen molar-refractivity contribution in [2.75, 3.05) is 17.1 Å². The molecule has 4 aromatic heterocycles. The first-order valence-electron chi connectivity index (χ1n) is 10.6. The van der Waals surface area contributed by atoms with Crippen LogP contribution >= 0.6 is 11.3 Å². The van der Waals surface area contributed by atoms with Crippen LogP contribution in [0.25, 0.3) is 16.2 Å². The predicted octanol–water partition coefficient (Wildman–Crippen LogP) is 3.62. The molecule has 13 heteroatoms. The van der Waals surface area contributed by atoms with E-state index in [1.165, 1.54) is 35.2 Å². The van der Waals surface area contributed by atoms with Gasteiger partial charge >= 0.3 is 0 Å². The zero-order chi connectivity index (χ0) is 25.3. The number of aromatic nitrogens is 5. The van der Waals surface area contributed by atoms with Crippen LogP contribution in [0.1, 0.15) is 16.3 Å². The van der Waals surface area contributed by atoms with Gasteiger partial charge in [-0.2, -0.15) is 5.10 Å². The number of amides is 1. The molecule has 36 heavy (non-hydrogen) atoms. The molecule has 0 saturated heterocycles. The second-order valence-electron chi connectivity index (χ2n) is 7.54. The van der Waals surface area contributed by atoms with E-state index in [4.69, 9.17) is 4.74 Å². The first kappa shape index (κ1) is 23.4. The van der Waals surface area contributed by atoms with Gasteiger partial charge < -0.3 is 10.1 Å². The number of anilines is 2. The third-order valence-electron chi connectivity index (χ3n) is 5.03. The Balaban J connectivity index is 1.42. The van der Waals surface area contributed by atoms with E-state index < -0.39 is 15.9 Å². The number of pyridine rings is 2. The van der Waals surface area contributed by atoms with Crippen LogP contribution in [0.2, 0.25) is 0 Å². The highest BCUT2D eigenvalue weighted by Gasteiger charge is 2.24. The van der Waals surface area contributed by atoms with Gasteiger partial charge in [-0.3, -0.25) is 9.52 Å². The highest BCUT2D eigenvalue weighted by atomic mass is 32.2. The Hall–Kier alpha value is -4.36. The summed E-state index contributed by atoms with van der Waals surface area (Å²) in [6, 6.07) is 14.0. The van der Waals surface area contributed by atoms with Crippen LogP contribution < -0.4 is 14.8 Å². The van der Waals surface area contributed by atoms with Crippen molar-refractivity contribution in [1.82, 2.24) is 24.6 Å². The zero-order valence-corrected chi connectivity index (χ0v) is 20.7. The van der Waals surface area contributed by atoms with Crippen LogP contribution in [-0.2, 0) is 10.0 Å². The summed E-state index contributed by atoms with van der Waals surface area (Å²) < 4.78 is 35.7. The minimum Gasteiger partial charge on any atom is -0.480 e. The molecule has 0 aliphatic carbocycles. The van der Waals surface area contributed by atoms with E-state index in [0.29, 0.717) is 16.5 Å². The molecule has 1 aromatic carbocycles. The lowest BCUT2D eigenvalue weighted by molar-refractivity contribution is 0.102. The van der Waals surface area contributed by atoms with E-state index in [1.54, 1.807) is 30.6 Å². The summed E-state index contributed by atoms with van der Waals surface area (Å²) in [5, 5.41) is 9.17. The van der Waals surface area contributed by atoms with Crippen molar-refractivity contribution < 1.29 is 17.9 Å². The number of carbonyl (C=O) groups is 1. The number of benzene rings is 1. The second kappa shape index (κ2) is 9.36. The summed E-state index contributed by atoms with van der Waals surface area (Å²) in [5.74, 6) is -0.145. The maximum absolute atomic E-state index is 13.3. The Bertz CT molecular complexity index is 1680. The standard InChI is InChI=1S/C23H19N7O4S2/c1-14-25-20-17(9-6-10-30(20)28-14)29-36(32,33)19-11-16(12-24-22(19)34-2)26-21(31)18-13-35-23(27-18)15-7-4-3-5-8-15/h3-13,29H,1-2H3,(H,26,31). The number of nitrogens with zero attached hydrogens (tertiary/aromatic N) is 5. The van der Waals surface area contributed by atoms with Crippen LogP contribution in [0.5, 0.6) is 5.88 Å². The molecule has 182 valence electrons. The van der Waals surface area contributed by atoms with Crippen molar-refractivity contribution >= 4 is 44.3 Å². The number of carbonyl (C=O) groups excluding carboxylic acids is 1. The quantitative estimate of drug-likeness (QED) is 0.331. The molecule has 4 heterocycles. The van der Waals surface area contributed by atoms with Gasteiger partial charge in [0.05, 0.1) is 24.7 Å². The number of hydrogen-bond acceptors (Lipinski definition) is 9. The average molecular weight is 522 g/mol. The molecular formula is C23H19N7O4S2. The fourth-order valence-corrected chi connectivity index (χ4v) is 5.44. The molecule has 0 bridgehead atoms. The fourth-order valence-electron chi connectivity index (χ4n) is 3.43. The van der Waals surface area contributed by atoms with E-state index in [2.05, 4.69) is 30.1 Å². The fraction of sp³-hybridized carbons (Fsp3) is 0.0870. The number of ether oxygens (including phenoxy) is 1. The van der Waals surface area contributed by atoms with Crippen molar-refractivity contribution in [3.05, 3.63) is 77.8 Å². The molecule has 0 spiro atoms. The molecular weight excluding hydrogens is 502 g/mol. The van der Waals surface area contributed by atoms with Crippen LogP contribution in [0.3, 0.4) is 0 Å². The Morgan fingerprint density at radius 1 is 1.11 bits per heavy atom. The Morgan fingerprint density at radius 3 is 2.69 bits per heavy atom. The lowest BCUT2D eigenvalue weighted by atomic mass is 10.2. The van der Waals surface area contributed by atoms with Crippen molar-refractivity contribution in [3.8, 4) is 16.5 Å². The topological polar surface area (TPSA) is 140 Å². The number of aryl methyl sites for hydroxylation is 1. The van der Waals surface area contributed by atoms with Crippen LogP contribution in [0.15, 0.2) is 71.2 Å². The van der Waals surface area contributed by atoms with Gasteiger partial charge in [-0.25, -0.2) is 27.9 Å². The number of rotatable bonds is 7. The molecule has 5 aromatic rings. The Kier molecular flexibility index (Phi) is 6.08. The lowest BCUT2D eigenvalue weighted by Crippen LogP contribution is -2.17. The van der Waals surface area contributed by atoms with Crippen LogP contribution in [-0.4, -0.2) is 46.0 Å². The molecule has 0 fully saturated rings. The number of methoxy groups -OCH3 is 1. The van der Waals surface area contributed by atoms with Crippen molar-refractivity contribution in [1.29, 1.82) is 0 Å². The maximum atomic E-state index is 13.3. The van der Waals surface area contributed by atoms with Gasteiger partial charge in [0, 0.05) is 17.1 Å². The second-order valence-corrected chi connectivity index (χ2v) is 10.1. The third kappa shape index (κ3) is 4.61. The van der Waals surface area contributed by atoms with Gasteiger partial charge in [-0.05, 0) is 25.1 Å². The van der Waals surface area contributed by atoms with E-state index in [1.807, 2.05) is 30.3 Å². The summed E-state index contributed by atoms with van der Waals surface area (Å²) in [6.45, 7) is 1.70. The number of sulfonamides is 1. The van der Waals surface area contributed by atoms with Crippen molar-refractivity contribution in [2.24, 2.45) is 0 Å². The molecule has 0 radical (unpaired) electrons. The summed E-state index contributed by atoms with van der Waals surface area (Å²) in [4.78, 5) is 25.3. The van der Waals surface area contributed by atoms with E-state index in [9.17, 15) is 13.2 Å². The van der Waals surface area contributed by atoms with E-state index in [0.717, 1.165) is 5.56 Å². The molecule has 1 amide bonds. The van der Waals surface area contributed by atoms with Crippen LogP contribution in [0.4, 0.5) is 11.4 Å². The van der Waals surface area contributed by atoms with E-state index >= 15 is 0 Å². The first-order valence-corrected chi connectivity index (χ1v) is 12.9. The first-order chi connectivity index (χ1) is 17.3. The molecule has 0 aliphatic heterocycles. The molecule has 0 unspecified atom stereocenters. The number of nitrogens with one attached hydrogen (secondary N) is 2. The Morgan fingerprint density at radius 2 is 1.92 bits per heavy atom. The molecule has 0 saturated carbocycles. The smallest absolute Gasteiger partial charge is 0.275 e. The highest BCUT2D eigenvalue weighted by molar-refractivity contribution is 7.92. The molecule has 0 aliphatic rings. The van der Waals surface area contributed by atoms with Gasteiger partial charge in [-0.1, -0.05) is 30.3 Å². The third-order valence-corrected chi connectivity index (χ3v) is 7.28. The molecule has 11 nitrogen and oxygen atoms in total. The largest absolute Gasteiger partial charge is 0.480 e. The summed E-state index contributed by atoms with van der Waals surface area (Å²) in [6.07, 6.45) is 2.97. The Labute approximate surface area is 209 Å². The average Bonchev–Trinajstić information content (AvgIpc) is 3.52. The highest BCUT2D eigenvalue weighted by Crippen LogP contribution is 2.28. The van der Waals surface area contributed by atoms with Crippen molar-refractivity contribution in [2.45, 2.75) is 11.8 Å². The van der Waals surface area contributed by atoms with Gasteiger partial charge in [-0.15, -0.1) is 11.3 Å². The summed E-state index contributed by atoms with van der Waals surface area (Å²) >= 11 is 1.33. The van der Waals surface area contributed by atoms with Gasteiger partial charge in [0.1, 0.15) is 16.5 Å². The van der Waals surface area contributed by atoms with E-state index in [-0.39, 0.29) is 27.8 Å².